The second-order valence-corrected chi connectivity index (χ2v) is 5.70. The van der Waals surface area contributed by atoms with Crippen molar-refractivity contribution in [1.29, 1.82) is 0 Å². The first kappa shape index (κ1) is 15.9. The third kappa shape index (κ3) is 5.08. The molecule has 1 aromatic carbocycles. The molecule has 1 fully saturated rings. The van der Waals surface area contributed by atoms with Crippen LogP contribution in [0.3, 0.4) is 0 Å². The number of rotatable bonds is 4. The molecular weight excluding hydrogens is 286 g/mol. The van der Waals surface area contributed by atoms with Gasteiger partial charge in [0.05, 0.1) is 12.6 Å². The van der Waals surface area contributed by atoms with Crippen LogP contribution in [-0.4, -0.2) is 48.1 Å². The van der Waals surface area contributed by atoms with Crippen molar-refractivity contribution in [2.45, 2.75) is 19.4 Å². The number of nitrogens with one attached hydrogen (secondary N) is 1. The summed E-state index contributed by atoms with van der Waals surface area (Å²) in [7, 11) is 0. The Bertz CT molecular complexity index is 521. The molecule has 1 aliphatic heterocycles. The number of carbonyl (C=O) groups excluding carboxylic acids is 1. The van der Waals surface area contributed by atoms with Crippen LogP contribution in [0, 0.1) is 0 Å². The second kappa shape index (κ2) is 7.49. The smallest absolute Gasteiger partial charge is 0.238 e. The first-order valence-corrected chi connectivity index (χ1v) is 7.49. The van der Waals surface area contributed by atoms with Crippen LogP contribution in [0.15, 0.2) is 24.3 Å². The van der Waals surface area contributed by atoms with Gasteiger partial charge < -0.3 is 15.8 Å². The predicted octanol–water partition coefficient (Wildman–Crippen LogP) is 1.37. The molecule has 1 saturated heterocycles. The van der Waals surface area contributed by atoms with E-state index < -0.39 is 0 Å². The van der Waals surface area contributed by atoms with E-state index in [0.717, 1.165) is 31.7 Å². The number of amides is 1. The van der Waals surface area contributed by atoms with Gasteiger partial charge in [-0.1, -0.05) is 24.4 Å². The molecule has 1 aliphatic rings. The van der Waals surface area contributed by atoms with Crippen LogP contribution in [0.1, 0.15) is 18.9 Å². The van der Waals surface area contributed by atoms with Gasteiger partial charge in [0.15, 0.2) is 0 Å². The summed E-state index contributed by atoms with van der Waals surface area (Å²) in [6, 6.07) is 7.26. The summed E-state index contributed by atoms with van der Waals surface area (Å²) >= 11 is 4.94. The maximum absolute atomic E-state index is 12.1. The average Bonchev–Trinajstić information content (AvgIpc) is 2.63. The number of benzene rings is 1. The van der Waals surface area contributed by atoms with Crippen LogP contribution < -0.4 is 11.1 Å². The van der Waals surface area contributed by atoms with Gasteiger partial charge in [-0.25, -0.2) is 0 Å². The van der Waals surface area contributed by atoms with E-state index in [9.17, 15) is 4.79 Å². The largest absolute Gasteiger partial charge is 0.389 e. The normalized spacial score (nSPS) is 19.8. The molecule has 0 bridgehead atoms. The third-order valence-corrected chi connectivity index (χ3v) is 3.57. The van der Waals surface area contributed by atoms with E-state index in [1.807, 2.05) is 25.1 Å². The number of hydrogen-bond donors (Lipinski definition) is 2. The summed E-state index contributed by atoms with van der Waals surface area (Å²) < 4.78 is 5.57. The fourth-order valence-corrected chi connectivity index (χ4v) is 2.50. The Morgan fingerprint density at radius 2 is 2.38 bits per heavy atom. The summed E-state index contributed by atoms with van der Waals surface area (Å²) in [5, 5.41) is 2.88. The number of hydrogen-bond acceptors (Lipinski definition) is 4. The Hall–Kier alpha value is -1.50. The van der Waals surface area contributed by atoms with Gasteiger partial charge >= 0.3 is 0 Å². The van der Waals surface area contributed by atoms with E-state index in [1.165, 1.54) is 0 Å². The molecule has 3 N–H and O–H groups in total. The highest BCUT2D eigenvalue weighted by Gasteiger charge is 2.17. The summed E-state index contributed by atoms with van der Waals surface area (Å²) in [5.41, 5.74) is 7.05. The molecular formula is C15H21N3O2S. The van der Waals surface area contributed by atoms with Gasteiger partial charge in [0.25, 0.3) is 0 Å². The molecule has 0 saturated carbocycles. The average molecular weight is 307 g/mol. The monoisotopic (exact) mass is 307 g/mol. The quantitative estimate of drug-likeness (QED) is 0.822. The minimum absolute atomic E-state index is 0.0378. The molecule has 1 amide bonds. The first-order chi connectivity index (χ1) is 10.0. The van der Waals surface area contributed by atoms with E-state index in [1.54, 1.807) is 6.07 Å². The number of nitrogens with two attached hydrogens (primary N) is 1. The van der Waals surface area contributed by atoms with Gasteiger partial charge in [-0.05, 0) is 25.5 Å². The summed E-state index contributed by atoms with van der Waals surface area (Å²) in [6.07, 6.45) is 1.12. The zero-order valence-electron chi connectivity index (χ0n) is 12.2. The van der Waals surface area contributed by atoms with Gasteiger partial charge in [0.1, 0.15) is 4.99 Å². The molecule has 0 aromatic heterocycles. The van der Waals surface area contributed by atoms with E-state index in [-0.39, 0.29) is 12.0 Å². The molecule has 5 nitrogen and oxygen atoms in total. The van der Waals surface area contributed by atoms with Crippen molar-refractivity contribution in [3.05, 3.63) is 29.8 Å². The van der Waals surface area contributed by atoms with Gasteiger partial charge in [-0.2, -0.15) is 0 Å². The second-order valence-electron chi connectivity index (χ2n) is 5.26. The van der Waals surface area contributed by atoms with Crippen molar-refractivity contribution in [3.8, 4) is 0 Å². The Morgan fingerprint density at radius 3 is 3.14 bits per heavy atom. The highest BCUT2D eigenvalue weighted by atomic mass is 32.1. The van der Waals surface area contributed by atoms with Gasteiger partial charge in [0.2, 0.25) is 5.91 Å². The Morgan fingerprint density at radius 1 is 1.57 bits per heavy atom. The topological polar surface area (TPSA) is 67.6 Å². The van der Waals surface area contributed by atoms with Crippen LogP contribution in [0.4, 0.5) is 5.69 Å². The highest BCUT2D eigenvalue weighted by Crippen LogP contribution is 2.11. The molecule has 6 heteroatoms. The maximum Gasteiger partial charge on any atom is 0.238 e. The number of thiocarbonyl (C=S) groups is 1. The molecule has 0 aliphatic carbocycles. The lowest BCUT2D eigenvalue weighted by molar-refractivity contribution is -0.117. The fourth-order valence-electron chi connectivity index (χ4n) is 2.38. The minimum Gasteiger partial charge on any atom is -0.389 e. The predicted molar refractivity (Wildman–Crippen MR) is 87.4 cm³/mol. The Balaban J connectivity index is 1.92. The molecule has 114 valence electrons. The van der Waals surface area contributed by atoms with E-state index in [2.05, 4.69) is 10.2 Å². The molecule has 2 rings (SSSR count). The van der Waals surface area contributed by atoms with Crippen molar-refractivity contribution in [3.63, 3.8) is 0 Å². The zero-order valence-corrected chi connectivity index (χ0v) is 13.0. The number of ether oxygens (including phenoxy) is 1. The van der Waals surface area contributed by atoms with Crippen LogP contribution in [0.2, 0.25) is 0 Å². The van der Waals surface area contributed by atoms with E-state index >= 15 is 0 Å². The number of anilines is 1. The van der Waals surface area contributed by atoms with Crippen LogP contribution in [0.25, 0.3) is 0 Å². The van der Waals surface area contributed by atoms with Crippen molar-refractivity contribution < 1.29 is 9.53 Å². The molecule has 1 heterocycles. The molecule has 1 aromatic rings. The molecule has 0 spiro atoms. The molecule has 0 radical (unpaired) electrons. The van der Waals surface area contributed by atoms with Crippen molar-refractivity contribution in [2.24, 2.45) is 5.73 Å². The van der Waals surface area contributed by atoms with Crippen LogP contribution >= 0.6 is 12.2 Å². The van der Waals surface area contributed by atoms with Crippen LogP contribution in [-0.2, 0) is 9.53 Å². The highest BCUT2D eigenvalue weighted by molar-refractivity contribution is 7.80. The fraction of sp³-hybridized carbons (Fsp3) is 0.467. The van der Waals surface area contributed by atoms with E-state index in [4.69, 9.17) is 22.7 Å². The lowest BCUT2D eigenvalue weighted by Gasteiger charge is -2.21. The van der Waals surface area contributed by atoms with Crippen molar-refractivity contribution in [1.82, 2.24) is 4.90 Å². The number of nitrogens with zero attached hydrogens (tertiary/aromatic N) is 1. The maximum atomic E-state index is 12.1. The van der Waals surface area contributed by atoms with E-state index in [0.29, 0.717) is 17.2 Å². The standard InChI is InChI=1S/C15H21N3O2S/c1-11-9-18(6-3-7-20-11)10-14(19)17-13-5-2-4-12(8-13)15(16)21/h2,4-5,8,11H,3,6-7,9-10H2,1H3,(H2,16,21)(H,17,19). The molecule has 1 unspecified atom stereocenters. The summed E-state index contributed by atoms with van der Waals surface area (Å²) in [4.78, 5) is 14.6. The SMILES string of the molecule is CC1CN(CC(=O)Nc2cccc(C(N)=S)c2)CCCO1. The summed E-state index contributed by atoms with van der Waals surface area (Å²) in [5.74, 6) is -0.0378. The first-order valence-electron chi connectivity index (χ1n) is 7.08. The van der Waals surface area contributed by atoms with Crippen molar-refractivity contribution in [2.75, 3.05) is 31.6 Å². The molecule has 1 atom stereocenters. The lowest BCUT2D eigenvalue weighted by atomic mass is 10.2. The molecule has 21 heavy (non-hydrogen) atoms. The van der Waals surface area contributed by atoms with Crippen LogP contribution in [0.5, 0.6) is 0 Å². The third-order valence-electron chi connectivity index (χ3n) is 3.33. The zero-order chi connectivity index (χ0) is 15.2. The van der Waals surface area contributed by atoms with Gasteiger partial charge in [0, 0.05) is 30.9 Å². The van der Waals surface area contributed by atoms with Crippen molar-refractivity contribution >= 4 is 28.8 Å². The summed E-state index contributed by atoms with van der Waals surface area (Å²) in [6.45, 7) is 4.81. The Labute approximate surface area is 130 Å². The Kier molecular flexibility index (Phi) is 5.67. The minimum atomic E-state index is -0.0378. The van der Waals surface area contributed by atoms with Gasteiger partial charge in [-0.3, -0.25) is 9.69 Å². The van der Waals surface area contributed by atoms with Gasteiger partial charge in [-0.15, -0.1) is 0 Å². The lowest BCUT2D eigenvalue weighted by Crippen LogP contribution is -2.37. The number of carbonyl (C=O) groups is 1.